The zero-order valence-electron chi connectivity index (χ0n) is 14.3. The Morgan fingerprint density at radius 2 is 2.17 bits per heavy atom. The van der Waals surface area contributed by atoms with Gasteiger partial charge in [0.2, 0.25) is 5.89 Å². The molecule has 23 heavy (non-hydrogen) atoms. The highest BCUT2D eigenvalue weighted by molar-refractivity contribution is 5.80. The van der Waals surface area contributed by atoms with Crippen LogP contribution >= 0.6 is 0 Å². The Kier molecular flexibility index (Phi) is 7.86. The molecule has 2 rings (SSSR count). The van der Waals surface area contributed by atoms with Crippen molar-refractivity contribution in [2.24, 2.45) is 4.99 Å². The van der Waals surface area contributed by atoms with Gasteiger partial charge in [0.15, 0.2) is 11.8 Å². The first-order valence-electron chi connectivity index (χ1n) is 8.61. The molecule has 0 aliphatic heterocycles. The van der Waals surface area contributed by atoms with Crippen LogP contribution in [0, 0.1) is 6.92 Å². The molecule has 1 aromatic heterocycles. The molecule has 1 heterocycles. The average Bonchev–Trinajstić information content (AvgIpc) is 3.19. The van der Waals surface area contributed by atoms with Gasteiger partial charge in [0.25, 0.3) is 0 Å². The molecule has 130 valence electrons. The number of ether oxygens (including phenoxy) is 1. The molecule has 0 amide bonds. The van der Waals surface area contributed by atoms with Crippen LogP contribution < -0.4 is 10.6 Å². The smallest absolute Gasteiger partial charge is 0.226 e. The fourth-order valence-corrected chi connectivity index (χ4v) is 2.70. The van der Waals surface area contributed by atoms with Gasteiger partial charge in [-0.3, -0.25) is 4.99 Å². The number of rotatable bonds is 9. The normalized spacial score (nSPS) is 16.0. The first kappa shape index (κ1) is 17.7. The van der Waals surface area contributed by atoms with Crippen LogP contribution in [-0.4, -0.2) is 48.9 Å². The second-order valence-corrected chi connectivity index (χ2v) is 5.97. The van der Waals surface area contributed by atoms with E-state index in [4.69, 9.17) is 9.26 Å². The molecule has 1 fully saturated rings. The van der Waals surface area contributed by atoms with Gasteiger partial charge in [-0.05, 0) is 32.6 Å². The van der Waals surface area contributed by atoms with Gasteiger partial charge in [0.05, 0.1) is 0 Å². The standard InChI is InChI=1S/C16H29N5O2/c1-13-19-15(23-21-13)9-5-10-17-16(18-11-6-12-22-2)20-14-7-3-4-8-14/h14H,3-12H2,1-2H3,(H2,17,18,20). The van der Waals surface area contributed by atoms with Gasteiger partial charge in [0.1, 0.15) is 0 Å². The highest BCUT2D eigenvalue weighted by Crippen LogP contribution is 2.17. The Balaban J connectivity index is 1.73. The number of aromatic nitrogens is 2. The van der Waals surface area contributed by atoms with Crippen LogP contribution in [0.1, 0.15) is 50.2 Å². The predicted octanol–water partition coefficient (Wildman–Crippen LogP) is 1.82. The van der Waals surface area contributed by atoms with Crippen molar-refractivity contribution in [2.45, 2.75) is 57.9 Å². The second kappa shape index (κ2) is 10.2. The third kappa shape index (κ3) is 6.99. The van der Waals surface area contributed by atoms with Crippen molar-refractivity contribution in [3.63, 3.8) is 0 Å². The first-order chi connectivity index (χ1) is 11.3. The van der Waals surface area contributed by atoms with E-state index in [1.807, 2.05) is 6.92 Å². The van der Waals surface area contributed by atoms with Crippen molar-refractivity contribution >= 4 is 5.96 Å². The van der Waals surface area contributed by atoms with Crippen LogP contribution in [0.5, 0.6) is 0 Å². The van der Waals surface area contributed by atoms with Gasteiger partial charge < -0.3 is 19.9 Å². The number of methoxy groups -OCH3 is 1. The van der Waals surface area contributed by atoms with Crippen molar-refractivity contribution in [3.05, 3.63) is 11.7 Å². The topological polar surface area (TPSA) is 84.6 Å². The number of hydrogen-bond donors (Lipinski definition) is 2. The van der Waals surface area contributed by atoms with Gasteiger partial charge in [-0.2, -0.15) is 4.98 Å². The molecule has 0 spiro atoms. The van der Waals surface area contributed by atoms with Crippen LogP contribution in [0.15, 0.2) is 9.52 Å². The molecule has 1 saturated carbocycles. The molecular formula is C16H29N5O2. The van der Waals surface area contributed by atoms with Crippen molar-refractivity contribution in [1.29, 1.82) is 0 Å². The predicted molar refractivity (Wildman–Crippen MR) is 89.5 cm³/mol. The average molecular weight is 323 g/mol. The van der Waals surface area contributed by atoms with E-state index in [2.05, 4.69) is 25.8 Å². The molecule has 1 aromatic rings. The number of guanidine groups is 1. The first-order valence-corrected chi connectivity index (χ1v) is 8.61. The van der Waals surface area contributed by atoms with Crippen LogP contribution in [0.4, 0.5) is 0 Å². The Labute approximate surface area is 138 Å². The lowest BCUT2D eigenvalue weighted by Gasteiger charge is -2.17. The molecule has 2 N–H and O–H groups in total. The fraction of sp³-hybridized carbons (Fsp3) is 0.812. The van der Waals surface area contributed by atoms with Crippen LogP contribution in [0.2, 0.25) is 0 Å². The highest BCUT2D eigenvalue weighted by Gasteiger charge is 2.15. The molecule has 1 aliphatic carbocycles. The van der Waals surface area contributed by atoms with E-state index >= 15 is 0 Å². The third-order valence-corrected chi connectivity index (χ3v) is 3.90. The van der Waals surface area contributed by atoms with E-state index in [1.54, 1.807) is 7.11 Å². The van der Waals surface area contributed by atoms with E-state index < -0.39 is 0 Å². The monoisotopic (exact) mass is 323 g/mol. The van der Waals surface area contributed by atoms with Gasteiger partial charge in [0, 0.05) is 39.3 Å². The summed E-state index contributed by atoms with van der Waals surface area (Å²) in [5.74, 6) is 2.29. The molecule has 7 nitrogen and oxygen atoms in total. The minimum absolute atomic E-state index is 0.558. The molecule has 0 unspecified atom stereocenters. The van der Waals surface area contributed by atoms with E-state index in [-0.39, 0.29) is 0 Å². The lowest BCUT2D eigenvalue weighted by Crippen LogP contribution is -2.43. The summed E-state index contributed by atoms with van der Waals surface area (Å²) in [5, 5.41) is 10.7. The SMILES string of the molecule is COCCCNC(=NCCCc1nc(C)no1)NC1CCCC1. The number of nitrogens with zero attached hydrogens (tertiary/aromatic N) is 3. The van der Waals surface area contributed by atoms with E-state index in [1.165, 1.54) is 25.7 Å². The van der Waals surface area contributed by atoms with Crippen LogP contribution in [0.3, 0.4) is 0 Å². The maximum atomic E-state index is 5.12. The Bertz CT molecular complexity index is 469. The summed E-state index contributed by atoms with van der Waals surface area (Å²) in [5.41, 5.74) is 0. The fourth-order valence-electron chi connectivity index (χ4n) is 2.70. The summed E-state index contributed by atoms with van der Waals surface area (Å²) in [6.07, 6.45) is 7.74. The zero-order chi connectivity index (χ0) is 16.3. The summed E-state index contributed by atoms with van der Waals surface area (Å²) in [7, 11) is 1.73. The lowest BCUT2D eigenvalue weighted by molar-refractivity contribution is 0.195. The minimum atomic E-state index is 0.558. The summed E-state index contributed by atoms with van der Waals surface area (Å²) in [6, 6.07) is 0.558. The number of aliphatic imine (C=N–C) groups is 1. The minimum Gasteiger partial charge on any atom is -0.385 e. The van der Waals surface area contributed by atoms with Gasteiger partial charge in [-0.1, -0.05) is 18.0 Å². The summed E-state index contributed by atoms with van der Waals surface area (Å²) in [6.45, 7) is 4.21. The Hall–Kier alpha value is -1.63. The third-order valence-electron chi connectivity index (χ3n) is 3.90. The maximum absolute atomic E-state index is 5.12. The molecular weight excluding hydrogens is 294 g/mol. The number of hydrogen-bond acceptors (Lipinski definition) is 5. The molecule has 0 saturated heterocycles. The van der Waals surface area contributed by atoms with Gasteiger partial charge in [-0.15, -0.1) is 0 Å². The summed E-state index contributed by atoms with van der Waals surface area (Å²) < 4.78 is 10.2. The van der Waals surface area contributed by atoms with Crippen molar-refractivity contribution in [2.75, 3.05) is 26.8 Å². The van der Waals surface area contributed by atoms with Gasteiger partial charge >= 0.3 is 0 Å². The summed E-state index contributed by atoms with van der Waals surface area (Å²) in [4.78, 5) is 8.88. The number of nitrogens with one attached hydrogen (secondary N) is 2. The van der Waals surface area contributed by atoms with Gasteiger partial charge in [-0.25, -0.2) is 0 Å². The molecule has 0 radical (unpaired) electrons. The molecule has 0 bridgehead atoms. The van der Waals surface area contributed by atoms with E-state index in [9.17, 15) is 0 Å². The largest absolute Gasteiger partial charge is 0.385 e. The quantitative estimate of drug-likeness (QED) is 0.410. The Morgan fingerprint density at radius 3 is 2.87 bits per heavy atom. The van der Waals surface area contributed by atoms with E-state index in [0.717, 1.165) is 44.9 Å². The van der Waals surface area contributed by atoms with Crippen molar-refractivity contribution in [3.8, 4) is 0 Å². The maximum Gasteiger partial charge on any atom is 0.226 e. The van der Waals surface area contributed by atoms with E-state index in [0.29, 0.717) is 17.8 Å². The van der Waals surface area contributed by atoms with Crippen LogP contribution in [0.25, 0.3) is 0 Å². The zero-order valence-corrected chi connectivity index (χ0v) is 14.3. The lowest BCUT2D eigenvalue weighted by atomic mass is 10.2. The Morgan fingerprint density at radius 1 is 1.35 bits per heavy atom. The molecule has 0 aromatic carbocycles. The highest BCUT2D eigenvalue weighted by atomic mass is 16.5. The number of aryl methyl sites for hydroxylation is 2. The summed E-state index contributed by atoms with van der Waals surface area (Å²) >= 11 is 0. The molecule has 0 atom stereocenters. The van der Waals surface area contributed by atoms with Crippen molar-refractivity contribution in [1.82, 2.24) is 20.8 Å². The van der Waals surface area contributed by atoms with Crippen LogP contribution in [-0.2, 0) is 11.2 Å². The second-order valence-electron chi connectivity index (χ2n) is 5.97. The molecule has 7 heteroatoms. The molecule has 1 aliphatic rings. The van der Waals surface area contributed by atoms with Crippen molar-refractivity contribution < 1.29 is 9.26 Å².